The molecule has 0 aliphatic carbocycles. The van der Waals surface area contributed by atoms with Gasteiger partial charge in [-0.2, -0.15) is 0 Å². The molecule has 0 aromatic heterocycles. The Morgan fingerprint density at radius 3 is 1.95 bits per heavy atom. The normalized spacial score (nSPS) is 12.7. The Kier molecular flexibility index (Phi) is 4.61. The lowest BCUT2D eigenvalue weighted by Crippen LogP contribution is -2.05. The molecule has 1 atom stereocenters. The molecule has 106 valence electrons. The number of aliphatic hydroxyl groups is 1. The van der Waals surface area contributed by atoms with Crippen LogP contribution < -0.4 is 0 Å². The molecule has 20 heavy (non-hydrogen) atoms. The van der Waals surface area contributed by atoms with E-state index in [9.17, 15) is 5.11 Å². The van der Waals surface area contributed by atoms with Crippen LogP contribution in [0.5, 0.6) is 0 Å². The monoisotopic (exact) mass is 268 g/mol. The quantitative estimate of drug-likeness (QED) is 0.860. The average Bonchev–Trinajstić information content (AvgIpc) is 2.38. The van der Waals surface area contributed by atoms with E-state index in [1.165, 1.54) is 5.56 Å². The Morgan fingerprint density at radius 2 is 1.45 bits per heavy atom. The van der Waals surface area contributed by atoms with Crippen LogP contribution in [0.4, 0.5) is 0 Å². The molecular formula is C19H24O. The molecule has 0 heterocycles. The van der Waals surface area contributed by atoms with Crippen LogP contribution in [-0.2, 0) is 6.42 Å². The fraction of sp³-hybridized carbons (Fsp3) is 0.368. The third kappa shape index (κ3) is 3.29. The number of aliphatic hydroxyl groups excluding tert-OH is 1. The maximum absolute atomic E-state index is 10.6. The summed E-state index contributed by atoms with van der Waals surface area (Å²) < 4.78 is 0. The van der Waals surface area contributed by atoms with Crippen LogP contribution in [0.15, 0.2) is 42.5 Å². The molecule has 0 saturated heterocycles. The van der Waals surface area contributed by atoms with Crippen LogP contribution in [0.3, 0.4) is 0 Å². The Labute approximate surface area is 122 Å². The highest BCUT2D eigenvalue weighted by Gasteiger charge is 2.15. The zero-order chi connectivity index (χ0) is 14.7. The zero-order valence-electron chi connectivity index (χ0n) is 12.9. The maximum Gasteiger partial charge on any atom is 0.105 e. The van der Waals surface area contributed by atoms with Gasteiger partial charge in [-0.1, -0.05) is 56.3 Å². The standard InChI is InChI=1S/C19H24O/c1-13(2)12-16-8-10-17(11-9-16)19(20)18-14(3)6-5-7-15(18)4/h5-11,13,19-20H,12H2,1-4H3. The third-order valence-corrected chi connectivity index (χ3v) is 3.75. The van der Waals surface area contributed by atoms with Gasteiger partial charge in [-0.25, -0.2) is 0 Å². The van der Waals surface area contributed by atoms with Gasteiger partial charge in [0.15, 0.2) is 0 Å². The molecule has 2 aromatic rings. The van der Waals surface area contributed by atoms with E-state index >= 15 is 0 Å². The van der Waals surface area contributed by atoms with Crippen LogP contribution in [0.1, 0.15) is 47.8 Å². The van der Waals surface area contributed by atoms with E-state index in [4.69, 9.17) is 0 Å². The smallest absolute Gasteiger partial charge is 0.105 e. The number of aryl methyl sites for hydroxylation is 2. The fourth-order valence-electron chi connectivity index (χ4n) is 2.73. The van der Waals surface area contributed by atoms with Crippen molar-refractivity contribution < 1.29 is 5.11 Å². The molecule has 0 spiro atoms. The van der Waals surface area contributed by atoms with Crippen molar-refractivity contribution in [1.82, 2.24) is 0 Å². The second kappa shape index (κ2) is 6.23. The second-order valence-corrected chi connectivity index (χ2v) is 6.05. The molecule has 2 rings (SSSR count). The molecule has 1 nitrogen and oxygen atoms in total. The van der Waals surface area contributed by atoms with Gasteiger partial charge in [-0.3, -0.25) is 0 Å². The van der Waals surface area contributed by atoms with E-state index in [1.54, 1.807) is 0 Å². The van der Waals surface area contributed by atoms with Gasteiger partial charge in [-0.15, -0.1) is 0 Å². The van der Waals surface area contributed by atoms with Gasteiger partial charge < -0.3 is 5.11 Å². The minimum absolute atomic E-state index is 0.538. The Bertz CT molecular complexity index is 547. The summed E-state index contributed by atoms with van der Waals surface area (Å²) in [4.78, 5) is 0. The topological polar surface area (TPSA) is 20.2 Å². The molecule has 1 N–H and O–H groups in total. The first-order chi connectivity index (χ1) is 9.49. The molecule has 0 aliphatic heterocycles. The van der Waals surface area contributed by atoms with E-state index in [-0.39, 0.29) is 0 Å². The predicted octanol–water partition coefficient (Wildman–Crippen LogP) is 4.58. The first-order valence-corrected chi connectivity index (χ1v) is 7.32. The lowest BCUT2D eigenvalue weighted by Gasteiger charge is -2.17. The Morgan fingerprint density at radius 1 is 0.900 bits per heavy atom. The lowest BCUT2D eigenvalue weighted by atomic mass is 9.92. The first kappa shape index (κ1) is 14.8. The van der Waals surface area contributed by atoms with Crippen LogP contribution >= 0.6 is 0 Å². The van der Waals surface area contributed by atoms with Gasteiger partial charge in [0, 0.05) is 0 Å². The van der Waals surface area contributed by atoms with Crippen molar-refractivity contribution in [3.8, 4) is 0 Å². The number of benzene rings is 2. The Balaban J connectivity index is 2.27. The lowest BCUT2D eigenvalue weighted by molar-refractivity contribution is 0.219. The summed E-state index contributed by atoms with van der Waals surface area (Å²) in [7, 11) is 0. The van der Waals surface area contributed by atoms with Crippen molar-refractivity contribution in [1.29, 1.82) is 0 Å². The molecule has 2 aromatic carbocycles. The van der Waals surface area contributed by atoms with E-state index in [2.05, 4.69) is 52.0 Å². The summed E-state index contributed by atoms with van der Waals surface area (Å²) in [5, 5.41) is 10.6. The van der Waals surface area contributed by atoms with Crippen LogP contribution in [0, 0.1) is 19.8 Å². The van der Waals surface area contributed by atoms with Gasteiger partial charge >= 0.3 is 0 Å². The molecule has 1 unspecified atom stereocenters. The molecular weight excluding hydrogens is 244 g/mol. The highest BCUT2D eigenvalue weighted by molar-refractivity contribution is 5.41. The maximum atomic E-state index is 10.6. The highest BCUT2D eigenvalue weighted by atomic mass is 16.3. The molecule has 0 saturated carbocycles. The van der Waals surface area contributed by atoms with Crippen molar-refractivity contribution in [2.75, 3.05) is 0 Å². The molecule has 0 aliphatic rings. The van der Waals surface area contributed by atoms with Crippen molar-refractivity contribution in [2.24, 2.45) is 5.92 Å². The van der Waals surface area contributed by atoms with Gasteiger partial charge in [0.25, 0.3) is 0 Å². The van der Waals surface area contributed by atoms with Crippen LogP contribution in [0.25, 0.3) is 0 Å². The largest absolute Gasteiger partial charge is 0.384 e. The molecule has 0 amide bonds. The molecule has 0 fully saturated rings. The van der Waals surface area contributed by atoms with Crippen LogP contribution in [0.2, 0.25) is 0 Å². The minimum Gasteiger partial charge on any atom is -0.384 e. The van der Waals surface area contributed by atoms with Gasteiger partial charge in [0.2, 0.25) is 0 Å². The van der Waals surface area contributed by atoms with Crippen LogP contribution in [-0.4, -0.2) is 5.11 Å². The van der Waals surface area contributed by atoms with Crippen molar-refractivity contribution in [3.63, 3.8) is 0 Å². The zero-order valence-corrected chi connectivity index (χ0v) is 12.9. The second-order valence-electron chi connectivity index (χ2n) is 6.05. The third-order valence-electron chi connectivity index (χ3n) is 3.75. The highest BCUT2D eigenvalue weighted by Crippen LogP contribution is 2.28. The summed E-state index contributed by atoms with van der Waals surface area (Å²) >= 11 is 0. The summed E-state index contributed by atoms with van der Waals surface area (Å²) in [6.07, 6.45) is 0.545. The van der Waals surface area contributed by atoms with Crippen molar-refractivity contribution in [2.45, 2.75) is 40.2 Å². The SMILES string of the molecule is Cc1cccc(C)c1C(O)c1ccc(CC(C)C)cc1. The Hall–Kier alpha value is -1.60. The number of hydrogen-bond donors (Lipinski definition) is 1. The van der Waals surface area contributed by atoms with Crippen molar-refractivity contribution >= 4 is 0 Å². The van der Waals surface area contributed by atoms with E-state index < -0.39 is 6.10 Å². The molecule has 0 bridgehead atoms. The fourth-order valence-corrected chi connectivity index (χ4v) is 2.73. The molecule has 1 heteroatoms. The number of rotatable bonds is 4. The van der Waals surface area contributed by atoms with E-state index in [0.29, 0.717) is 5.92 Å². The average molecular weight is 268 g/mol. The van der Waals surface area contributed by atoms with Gasteiger partial charge in [0.05, 0.1) is 0 Å². The number of hydrogen-bond acceptors (Lipinski definition) is 1. The summed E-state index contributed by atoms with van der Waals surface area (Å²) in [6, 6.07) is 14.5. The van der Waals surface area contributed by atoms with Gasteiger partial charge in [-0.05, 0) is 54.0 Å². The van der Waals surface area contributed by atoms with Gasteiger partial charge in [0.1, 0.15) is 6.10 Å². The minimum atomic E-state index is -0.538. The summed E-state index contributed by atoms with van der Waals surface area (Å²) in [5.41, 5.74) is 5.61. The van der Waals surface area contributed by atoms with Crippen molar-refractivity contribution in [3.05, 3.63) is 70.3 Å². The van der Waals surface area contributed by atoms with E-state index in [1.807, 2.05) is 18.2 Å². The predicted molar refractivity (Wildman–Crippen MR) is 85.0 cm³/mol. The summed E-state index contributed by atoms with van der Waals surface area (Å²) in [5.74, 6) is 0.657. The summed E-state index contributed by atoms with van der Waals surface area (Å²) in [6.45, 7) is 8.55. The van der Waals surface area contributed by atoms with E-state index in [0.717, 1.165) is 28.7 Å². The molecule has 0 radical (unpaired) electrons. The first-order valence-electron chi connectivity index (χ1n) is 7.32.